The van der Waals surface area contributed by atoms with Gasteiger partial charge in [0.1, 0.15) is 5.82 Å². The van der Waals surface area contributed by atoms with E-state index in [1.807, 2.05) is 6.92 Å². The van der Waals surface area contributed by atoms with Crippen molar-refractivity contribution in [1.29, 1.82) is 0 Å². The van der Waals surface area contributed by atoms with Gasteiger partial charge >= 0.3 is 0 Å². The molecule has 128 valence electrons. The van der Waals surface area contributed by atoms with Crippen LogP contribution in [-0.2, 0) is 21.1 Å². The van der Waals surface area contributed by atoms with Crippen LogP contribution in [0.3, 0.4) is 0 Å². The number of piperazine rings is 1. The highest BCUT2D eigenvalue weighted by molar-refractivity contribution is 7.91. The van der Waals surface area contributed by atoms with Gasteiger partial charge in [-0.3, -0.25) is 14.8 Å². The summed E-state index contributed by atoms with van der Waals surface area (Å²) < 4.78 is 24.0. The van der Waals surface area contributed by atoms with Gasteiger partial charge in [0.15, 0.2) is 9.84 Å². The standard InChI is InChI=1S/C13H20ClN5O3S/c1-2-18-5-6-19(10-8-23(21,22)7-9(10)18)12(20)4-3-11-15-13(14)17-16-11/h9-10H,2-8H2,1H3,(H,15,16,17)/t9-,10+/m0/s1. The van der Waals surface area contributed by atoms with E-state index >= 15 is 0 Å². The first kappa shape index (κ1) is 16.7. The number of fused-ring (bicyclic) bond motifs is 1. The van der Waals surface area contributed by atoms with Crippen LogP contribution in [0.25, 0.3) is 0 Å². The molecule has 1 aromatic heterocycles. The Labute approximate surface area is 140 Å². The van der Waals surface area contributed by atoms with E-state index in [-0.39, 0.29) is 41.2 Å². The second-order valence-corrected chi connectivity index (χ2v) is 8.47. The van der Waals surface area contributed by atoms with Crippen LogP contribution in [0.2, 0.25) is 5.28 Å². The molecule has 8 nitrogen and oxygen atoms in total. The molecule has 23 heavy (non-hydrogen) atoms. The molecule has 10 heteroatoms. The number of nitrogens with zero attached hydrogens (tertiary/aromatic N) is 4. The Morgan fingerprint density at radius 1 is 1.35 bits per heavy atom. The minimum absolute atomic E-state index is 0.0413. The third-order valence-electron chi connectivity index (χ3n) is 4.60. The highest BCUT2D eigenvalue weighted by atomic mass is 35.5. The maximum absolute atomic E-state index is 12.5. The molecule has 0 unspecified atom stereocenters. The summed E-state index contributed by atoms with van der Waals surface area (Å²) in [6, 6.07) is -0.318. The lowest BCUT2D eigenvalue weighted by atomic mass is 10.0. The molecule has 0 bridgehead atoms. The Balaban J connectivity index is 1.68. The number of aryl methyl sites for hydroxylation is 1. The van der Waals surface area contributed by atoms with E-state index in [0.717, 1.165) is 6.54 Å². The van der Waals surface area contributed by atoms with Gasteiger partial charge in [-0.05, 0) is 18.1 Å². The number of amides is 1. The number of carbonyl (C=O) groups excluding carboxylic acids is 1. The van der Waals surface area contributed by atoms with E-state index in [0.29, 0.717) is 25.3 Å². The summed E-state index contributed by atoms with van der Waals surface area (Å²) in [6.07, 6.45) is 0.678. The zero-order chi connectivity index (χ0) is 16.6. The van der Waals surface area contributed by atoms with Crippen molar-refractivity contribution in [3.63, 3.8) is 0 Å². The Kier molecular flexibility index (Phi) is 4.61. The minimum Gasteiger partial charge on any atom is -0.336 e. The summed E-state index contributed by atoms with van der Waals surface area (Å²) in [7, 11) is -3.08. The van der Waals surface area contributed by atoms with Gasteiger partial charge in [0.2, 0.25) is 11.2 Å². The number of halogens is 1. The van der Waals surface area contributed by atoms with Crippen molar-refractivity contribution in [2.75, 3.05) is 31.1 Å². The van der Waals surface area contributed by atoms with Gasteiger partial charge in [-0.1, -0.05) is 6.92 Å². The van der Waals surface area contributed by atoms with Crippen LogP contribution in [0.1, 0.15) is 19.2 Å². The minimum atomic E-state index is -3.08. The Morgan fingerprint density at radius 2 is 2.09 bits per heavy atom. The fourth-order valence-electron chi connectivity index (χ4n) is 3.48. The number of hydrogen-bond donors (Lipinski definition) is 1. The van der Waals surface area contributed by atoms with Crippen LogP contribution in [-0.4, -0.2) is 82.5 Å². The summed E-state index contributed by atoms with van der Waals surface area (Å²) in [5.74, 6) is 0.729. The first-order chi connectivity index (χ1) is 10.9. The van der Waals surface area contributed by atoms with E-state index in [9.17, 15) is 13.2 Å². The number of likely N-dealkylation sites (N-methyl/N-ethyl adjacent to an activating group) is 1. The summed E-state index contributed by atoms with van der Waals surface area (Å²) in [5, 5.41) is 6.52. The topological polar surface area (TPSA) is 99.3 Å². The third kappa shape index (κ3) is 3.51. The van der Waals surface area contributed by atoms with Crippen LogP contribution < -0.4 is 0 Å². The second-order valence-electron chi connectivity index (χ2n) is 5.98. The van der Waals surface area contributed by atoms with Gasteiger partial charge < -0.3 is 4.90 Å². The molecule has 2 fully saturated rings. The van der Waals surface area contributed by atoms with E-state index in [4.69, 9.17) is 11.6 Å². The number of aromatic amines is 1. The van der Waals surface area contributed by atoms with Crippen molar-refractivity contribution in [3.8, 4) is 0 Å². The molecule has 3 rings (SSSR count). The summed E-state index contributed by atoms with van der Waals surface area (Å²) in [5.41, 5.74) is 0. The predicted molar refractivity (Wildman–Crippen MR) is 84.9 cm³/mol. The zero-order valence-corrected chi connectivity index (χ0v) is 14.5. The lowest BCUT2D eigenvalue weighted by molar-refractivity contribution is -0.136. The molecule has 0 radical (unpaired) electrons. The van der Waals surface area contributed by atoms with Crippen molar-refractivity contribution in [2.45, 2.75) is 31.8 Å². The molecule has 1 amide bonds. The summed E-state index contributed by atoms with van der Waals surface area (Å²) in [6.45, 7) is 4.11. The maximum atomic E-state index is 12.5. The quantitative estimate of drug-likeness (QED) is 0.791. The molecule has 0 saturated carbocycles. The Hall–Kier alpha value is -1.19. The predicted octanol–water partition coefficient (Wildman–Crippen LogP) is -0.280. The van der Waals surface area contributed by atoms with Gasteiger partial charge in [0, 0.05) is 32.0 Å². The van der Waals surface area contributed by atoms with Gasteiger partial charge in [-0.15, -0.1) is 5.10 Å². The van der Waals surface area contributed by atoms with Crippen LogP contribution in [0.15, 0.2) is 0 Å². The van der Waals surface area contributed by atoms with Crippen LogP contribution in [0.5, 0.6) is 0 Å². The van der Waals surface area contributed by atoms with Crippen LogP contribution >= 0.6 is 11.6 Å². The van der Waals surface area contributed by atoms with E-state index < -0.39 is 9.84 Å². The molecule has 1 N–H and O–H groups in total. The second kappa shape index (κ2) is 6.37. The lowest BCUT2D eigenvalue weighted by Gasteiger charge is -2.43. The molecule has 3 heterocycles. The first-order valence-electron chi connectivity index (χ1n) is 7.70. The average molecular weight is 362 g/mol. The highest BCUT2D eigenvalue weighted by Crippen LogP contribution is 2.27. The number of hydrogen-bond acceptors (Lipinski definition) is 6. The zero-order valence-electron chi connectivity index (χ0n) is 12.9. The van der Waals surface area contributed by atoms with Crippen molar-refractivity contribution in [2.24, 2.45) is 0 Å². The molecular weight excluding hydrogens is 342 g/mol. The van der Waals surface area contributed by atoms with Gasteiger partial charge in [0.05, 0.1) is 17.5 Å². The number of H-pyrrole nitrogens is 1. The molecule has 2 saturated heterocycles. The monoisotopic (exact) mass is 361 g/mol. The molecule has 0 spiro atoms. The largest absolute Gasteiger partial charge is 0.336 e. The Bertz CT molecular complexity index is 692. The normalized spacial score (nSPS) is 27.1. The smallest absolute Gasteiger partial charge is 0.242 e. The molecule has 2 aliphatic heterocycles. The highest BCUT2D eigenvalue weighted by Gasteiger charge is 2.47. The van der Waals surface area contributed by atoms with Crippen LogP contribution in [0, 0.1) is 0 Å². The fourth-order valence-corrected chi connectivity index (χ4v) is 5.64. The lowest BCUT2D eigenvalue weighted by Crippen LogP contribution is -2.60. The molecule has 0 aromatic carbocycles. The number of carbonyl (C=O) groups is 1. The average Bonchev–Trinajstić information content (AvgIpc) is 3.05. The van der Waals surface area contributed by atoms with Gasteiger partial charge in [0.25, 0.3) is 0 Å². The summed E-state index contributed by atoms with van der Waals surface area (Å²) in [4.78, 5) is 20.4. The van der Waals surface area contributed by atoms with Crippen molar-refractivity contribution in [1.82, 2.24) is 25.0 Å². The fraction of sp³-hybridized carbons (Fsp3) is 0.769. The first-order valence-corrected chi connectivity index (χ1v) is 9.90. The third-order valence-corrected chi connectivity index (χ3v) is 6.47. The number of rotatable bonds is 4. The summed E-state index contributed by atoms with van der Waals surface area (Å²) >= 11 is 5.64. The maximum Gasteiger partial charge on any atom is 0.242 e. The van der Waals surface area contributed by atoms with Gasteiger partial charge in [-0.25, -0.2) is 13.4 Å². The molecule has 2 aliphatic rings. The number of sulfone groups is 1. The van der Waals surface area contributed by atoms with E-state index in [2.05, 4.69) is 20.1 Å². The van der Waals surface area contributed by atoms with E-state index in [1.54, 1.807) is 4.90 Å². The van der Waals surface area contributed by atoms with Gasteiger partial charge in [-0.2, -0.15) is 0 Å². The van der Waals surface area contributed by atoms with Crippen molar-refractivity contribution < 1.29 is 13.2 Å². The molecule has 1 aromatic rings. The van der Waals surface area contributed by atoms with Crippen LogP contribution in [0.4, 0.5) is 0 Å². The molecule has 2 atom stereocenters. The SMILES string of the molecule is CCN1CCN(C(=O)CCc2nc(Cl)n[nH]2)[C@@H]2CS(=O)(=O)C[C@@H]21. The number of nitrogens with one attached hydrogen (secondary N) is 1. The van der Waals surface area contributed by atoms with E-state index in [1.165, 1.54) is 0 Å². The molecule has 0 aliphatic carbocycles. The van der Waals surface area contributed by atoms with Crippen molar-refractivity contribution >= 4 is 27.3 Å². The molecular formula is C13H20ClN5O3S. The number of aromatic nitrogens is 3. The van der Waals surface area contributed by atoms with Crippen molar-refractivity contribution in [3.05, 3.63) is 11.1 Å². The Morgan fingerprint density at radius 3 is 2.74 bits per heavy atom.